The number of rotatable bonds is 4. The summed E-state index contributed by atoms with van der Waals surface area (Å²) in [4.78, 5) is 11.4. The van der Waals surface area contributed by atoms with Crippen molar-refractivity contribution in [2.75, 3.05) is 0 Å². The lowest BCUT2D eigenvalue weighted by molar-refractivity contribution is -0.138. The van der Waals surface area contributed by atoms with Gasteiger partial charge in [-0.05, 0) is 36.2 Å². The molecule has 0 aliphatic heterocycles. The van der Waals surface area contributed by atoms with Crippen molar-refractivity contribution in [3.63, 3.8) is 0 Å². The van der Waals surface area contributed by atoms with Crippen LogP contribution in [0.1, 0.15) is 17.0 Å². The molecule has 0 aliphatic rings. The average molecular weight is 341 g/mol. The van der Waals surface area contributed by atoms with E-state index in [1.165, 1.54) is 36.4 Å². The molecule has 0 amide bonds. The Bertz CT molecular complexity index is 644. The maximum absolute atomic E-state index is 13.7. The Morgan fingerprint density at radius 2 is 1.90 bits per heavy atom. The summed E-state index contributed by atoms with van der Waals surface area (Å²) < 4.78 is 27.6. The van der Waals surface area contributed by atoms with Gasteiger partial charge in [-0.25, -0.2) is 8.78 Å². The first-order valence-corrected chi connectivity index (χ1v) is 6.69. The number of carboxylic acids is 1. The fourth-order valence-electron chi connectivity index (χ4n) is 2.01. The minimum atomic E-state index is -1.15. The molecule has 2 aromatic carbocycles. The number of aliphatic carboxylic acids is 1. The van der Waals surface area contributed by atoms with Crippen molar-refractivity contribution in [2.24, 2.45) is 0 Å². The Labute approximate surface area is 123 Å². The molecular weight excluding hydrogens is 330 g/mol. The van der Waals surface area contributed by atoms with E-state index in [0.29, 0.717) is 10.0 Å². The molecule has 2 nitrogen and oxygen atoms in total. The van der Waals surface area contributed by atoms with Gasteiger partial charge in [-0.15, -0.1) is 0 Å². The molecule has 20 heavy (non-hydrogen) atoms. The van der Waals surface area contributed by atoms with Gasteiger partial charge in [0, 0.05) is 10.0 Å². The zero-order valence-electron chi connectivity index (χ0n) is 10.3. The van der Waals surface area contributed by atoms with E-state index in [-0.39, 0.29) is 12.0 Å². The van der Waals surface area contributed by atoms with E-state index in [4.69, 9.17) is 0 Å². The number of halogens is 3. The smallest absolute Gasteiger partial charge is 0.311 e. The lowest BCUT2D eigenvalue weighted by Crippen LogP contribution is -2.16. The second-order valence-corrected chi connectivity index (χ2v) is 5.21. The van der Waals surface area contributed by atoms with Gasteiger partial charge in [-0.2, -0.15) is 0 Å². The molecule has 2 aromatic rings. The van der Waals surface area contributed by atoms with Crippen LogP contribution in [0.2, 0.25) is 0 Å². The first-order valence-electron chi connectivity index (χ1n) is 5.90. The van der Waals surface area contributed by atoms with Crippen LogP contribution in [0.15, 0.2) is 46.9 Å². The van der Waals surface area contributed by atoms with Crippen molar-refractivity contribution in [3.05, 3.63) is 69.7 Å². The Kier molecular flexibility index (Phi) is 4.49. The van der Waals surface area contributed by atoms with Gasteiger partial charge in [0.25, 0.3) is 0 Å². The van der Waals surface area contributed by atoms with E-state index in [9.17, 15) is 18.7 Å². The van der Waals surface area contributed by atoms with Crippen molar-refractivity contribution in [3.8, 4) is 0 Å². The predicted octanol–water partition coefficient (Wildman–Crippen LogP) is 4.14. The normalized spacial score (nSPS) is 12.2. The van der Waals surface area contributed by atoms with Crippen LogP contribution in [0.4, 0.5) is 8.78 Å². The molecule has 0 aliphatic carbocycles. The third-order valence-electron chi connectivity index (χ3n) is 3.01. The average Bonchev–Trinajstić information content (AvgIpc) is 2.40. The van der Waals surface area contributed by atoms with E-state index >= 15 is 0 Å². The van der Waals surface area contributed by atoms with Gasteiger partial charge in [0.2, 0.25) is 0 Å². The second kappa shape index (κ2) is 6.13. The topological polar surface area (TPSA) is 37.3 Å². The first-order chi connectivity index (χ1) is 9.49. The van der Waals surface area contributed by atoms with Crippen LogP contribution in [0, 0.1) is 11.6 Å². The van der Waals surface area contributed by atoms with Gasteiger partial charge in [-0.3, -0.25) is 4.79 Å². The van der Waals surface area contributed by atoms with Gasteiger partial charge in [0.05, 0.1) is 5.92 Å². The standard InChI is InChI=1S/C15H11BrF2O2/c16-13-6-5-10(17)7-9(13)8-12(15(19)20)11-3-1-2-4-14(11)18/h1-7,12H,8H2,(H,19,20). The van der Waals surface area contributed by atoms with Crippen LogP contribution in [0.3, 0.4) is 0 Å². The lowest BCUT2D eigenvalue weighted by atomic mass is 9.91. The molecule has 0 spiro atoms. The third-order valence-corrected chi connectivity index (χ3v) is 3.78. The minimum absolute atomic E-state index is 0.00854. The predicted molar refractivity (Wildman–Crippen MR) is 74.6 cm³/mol. The van der Waals surface area contributed by atoms with Crippen molar-refractivity contribution in [2.45, 2.75) is 12.3 Å². The molecule has 1 unspecified atom stereocenters. The van der Waals surface area contributed by atoms with Crippen molar-refractivity contribution < 1.29 is 18.7 Å². The summed E-state index contributed by atoms with van der Waals surface area (Å²) in [5.74, 6) is -3.24. The lowest BCUT2D eigenvalue weighted by Gasteiger charge is -2.14. The number of carbonyl (C=O) groups is 1. The summed E-state index contributed by atoms with van der Waals surface area (Å²) in [6.45, 7) is 0. The summed E-state index contributed by atoms with van der Waals surface area (Å²) in [5.41, 5.74) is 0.580. The summed E-state index contributed by atoms with van der Waals surface area (Å²) in [6.07, 6.45) is 0.00854. The summed E-state index contributed by atoms with van der Waals surface area (Å²) >= 11 is 3.25. The maximum atomic E-state index is 13.7. The van der Waals surface area contributed by atoms with Crippen LogP contribution >= 0.6 is 15.9 Å². The van der Waals surface area contributed by atoms with Gasteiger partial charge < -0.3 is 5.11 Å². The molecule has 0 fully saturated rings. The Hall–Kier alpha value is -1.75. The van der Waals surface area contributed by atoms with E-state index in [0.717, 1.165) is 0 Å². The van der Waals surface area contributed by atoms with Crippen LogP contribution in [-0.4, -0.2) is 11.1 Å². The summed E-state index contributed by atoms with van der Waals surface area (Å²) in [5, 5.41) is 9.30. The first kappa shape index (κ1) is 14.7. The third kappa shape index (κ3) is 3.22. The molecule has 0 radical (unpaired) electrons. The van der Waals surface area contributed by atoms with E-state index in [1.807, 2.05) is 0 Å². The van der Waals surface area contributed by atoms with Crippen LogP contribution in [0.25, 0.3) is 0 Å². The molecule has 1 N–H and O–H groups in total. The van der Waals surface area contributed by atoms with E-state index in [2.05, 4.69) is 15.9 Å². The van der Waals surface area contributed by atoms with Crippen molar-refractivity contribution in [1.29, 1.82) is 0 Å². The SMILES string of the molecule is O=C(O)C(Cc1cc(F)ccc1Br)c1ccccc1F. The molecule has 0 saturated heterocycles. The largest absolute Gasteiger partial charge is 0.481 e. The number of carboxylic acid groups (broad SMARTS) is 1. The highest BCUT2D eigenvalue weighted by molar-refractivity contribution is 9.10. The minimum Gasteiger partial charge on any atom is -0.481 e. The molecule has 0 aromatic heterocycles. The Balaban J connectivity index is 2.38. The van der Waals surface area contributed by atoms with Crippen LogP contribution < -0.4 is 0 Å². The summed E-state index contributed by atoms with van der Waals surface area (Å²) in [7, 11) is 0. The highest BCUT2D eigenvalue weighted by atomic mass is 79.9. The summed E-state index contributed by atoms with van der Waals surface area (Å²) in [6, 6.07) is 9.75. The molecule has 1 atom stereocenters. The fourth-order valence-corrected chi connectivity index (χ4v) is 2.42. The molecule has 0 saturated carbocycles. The molecule has 104 valence electrons. The van der Waals surface area contributed by atoms with Gasteiger partial charge in [0.15, 0.2) is 0 Å². The van der Waals surface area contributed by atoms with E-state index in [1.54, 1.807) is 6.07 Å². The zero-order valence-corrected chi connectivity index (χ0v) is 11.9. The Morgan fingerprint density at radius 3 is 2.55 bits per heavy atom. The molecule has 0 bridgehead atoms. The Morgan fingerprint density at radius 1 is 1.20 bits per heavy atom. The molecule has 2 rings (SSSR count). The highest BCUT2D eigenvalue weighted by Gasteiger charge is 2.24. The molecule has 0 heterocycles. The number of hydrogen-bond donors (Lipinski definition) is 1. The molecular formula is C15H11BrF2O2. The van der Waals surface area contributed by atoms with Gasteiger partial charge in [-0.1, -0.05) is 34.1 Å². The van der Waals surface area contributed by atoms with Crippen molar-refractivity contribution >= 4 is 21.9 Å². The van der Waals surface area contributed by atoms with Crippen LogP contribution in [-0.2, 0) is 11.2 Å². The monoisotopic (exact) mass is 340 g/mol. The maximum Gasteiger partial charge on any atom is 0.311 e. The highest BCUT2D eigenvalue weighted by Crippen LogP contribution is 2.28. The molecule has 5 heteroatoms. The van der Waals surface area contributed by atoms with Gasteiger partial charge in [0.1, 0.15) is 11.6 Å². The van der Waals surface area contributed by atoms with Crippen molar-refractivity contribution in [1.82, 2.24) is 0 Å². The second-order valence-electron chi connectivity index (χ2n) is 4.35. The van der Waals surface area contributed by atoms with Crippen LogP contribution in [0.5, 0.6) is 0 Å². The van der Waals surface area contributed by atoms with E-state index < -0.39 is 23.5 Å². The number of benzene rings is 2. The van der Waals surface area contributed by atoms with Gasteiger partial charge >= 0.3 is 5.97 Å². The zero-order chi connectivity index (χ0) is 14.7. The fraction of sp³-hybridized carbons (Fsp3) is 0.133. The quantitative estimate of drug-likeness (QED) is 0.908. The number of hydrogen-bond acceptors (Lipinski definition) is 1.